The van der Waals surface area contributed by atoms with Crippen LogP contribution in [0.3, 0.4) is 0 Å². The molecule has 240 valence electrons. The van der Waals surface area contributed by atoms with Crippen molar-refractivity contribution in [3.8, 4) is 0 Å². The molecule has 43 heavy (non-hydrogen) atoms. The Hall–Kier alpha value is -2.27. The number of benzene rings is 1. The highest BCUT2D eigenvalue weighted by atomic mass is 35.5. The Balaban J connectivity index is 1.40. The van der Waals surface area contributed by atoms with Gasteiger partial charge in [0.05, 0.1) is 28.8 Å². The zero-order chi connectivity index (χ0) is 32.0. The standard InChI is InChI=1S/C32H49ClFN5O4/c1-17(2)21(29(42)37-28-18(3)9-19-10-22(28)32(6,13-19)30(36)43)12-26(40)24(35)14-38-15-27(41)39(16-31(38,4)5)25-11-20(34)7-8-23(25)33/h7-8,11,17-19,21-22,24,26,28,40H,9-10,12-16,35H2,1-6H3,(H2,36,43)(H,37,42)/t18?,19?,21-,22?,24-,26-,28?,32?/m0/s1. The Kier molecular flexibility index (Phi) is 9.86. The van der Waals surface area contributed by atoms with Crippen LogP contribution in [0.5, 0.6) is 0 Å². The molecule has 3 amide bonds. The van der Waals surface area contributed by atoms with Gasteiger partial charge in [-0.2, -0.15) is 0 Å². The van der Waals surface area contributed by atoms with Gasteiger partial charge in [0.25, 0.3) is 0 Å². The number of carbonyl (C=O) groups is 3. The summed E-state index contributed by atoms with van der Waals surface area (Å²) in [4.78, 5) is 42.7. The molecule has 2 aliphatic carbocycles. The summed E-state index contributed by atoms with van der Waals surface area (Å²) in [6.07, 6.45) is 1.75. The van der Waals surface area contributed by atoms with Crippen molar-refractivity contribution < 1.29 is 23.9 Å². The van der Waals surface area contributed by atoms with Crippen molar-refractivity contribution in [2.24, 2.45) is 46.5 Å². The summed E-state index contributed by atoms with van der Waals surface area (Å²) < 4.78 is 13.9. The second-order valence-electron chi connectivity index (χ2n) is 14.5. The van der Waals surface area contributed by atoms with Crippen LogP contribution in [0.1, 0.15) is 67.2 Å². The second kappa shape index (κ2) is 12.6. The third-order valence-electron chi connectivity index (χ3n) is 10.5. The highest BCUT2D eigenvalue weighted by Gasteiger charge is 2.55. The first-order valence-electron chi connectivity index (χ1n) is 15.5. The summed E-state index contributed by atoms with van der Waals surface area (Å²) >= 11 is 6.28. The van der Waals surface area contributed by atoms with E-state index < -0.39 is 34.8 Å². The lowest BCUT2D eigenvalue weighted by molar-refractivity contribution is -0.133. The van der Waals surface area contributed by atoms with E-state index in [9.17, 15) is 23.9 Å². The molecule has 1 aliphatic heterocycles. The average Bonchev–Trinajstić information content (AvgIpc) is 3.20. The molecule has 0 aromatic heterocycles. The first-order valence-corrected chi connectivity index (χ1v) is 15.9. The van der Waals surface area contributed by atoms with Gasteiger partial charge in [-0.15, -0.1) is 0 Å². The molecule has 2 bridgehead atoms. The van der Waals surface area contributed by atoms with E-state index in [2.05, 4.69) is 12.2 Å². The monoisotopic (exact) mass is 621 g/mol. The highest BCUT2D eigenvalue weighted by Crippen LogP contribution is 2.55. The normalized spacial score (nSPS) is 31.1. The van der Waals surface area contributed by atoms with Crippen molar-refractivity contribution in [2.45, 2.75) is 91.0 Å². The molecule has 0 radical (unpaired) electrons. The molecule has 1 aromatic carbocycles. The number of nitrogens with two attached hydrogens (primary N) is 2. The molecule has 8 atom stereocenters. The number of halogens is 2. The number of aliphatic hydroxyl groups is 1. The van der Waals surface area contributed by atoms with E-state index in [4.69, 9.17) is 23.1 Å². The third kappa shape index (κ3) is 6.87. The Morgan fingerprint density at radius 2 is 1.91 bits per heavy atom. The number of rotatable bonds is 10. The summed E-state index contributed by atoms with van der Waals surface area (Å²) in [6.45, 7) is 12.4. The molecule has 5 unspecified atom stereocenters. The smallest absolute Gasteiger partial charge is 0.241 e. The van der Waals surface area contributed by atoms with E-state index in [0.29, 0.717) is 16.6 Å². The molecule has 1 saturated heterocycles. The lowest BCUT2D eigenvalue weighted by atomic mass is 9.70. The first-order chi connectivity index (χ1) is 19.9. The maximum atomic E-state index is 13.9. The molecule has 11 heteroatoms. The molecule has 2 saturated carbocycles. The van der Waals surface area contributed by atoms with Crippen molar-refractivity contribution in [1.29, 1.82) is 0 Å². The minimum Gasteiger partial charge on any atom is -0.391 e. The van der Waals surface area contributed by atoms with E-state index in [1.807, 2.05) is 39.5 Å². The minimum atomic E-state index is -0.990. The van der Waals surface area contributed by atoms with Crippen molar-refractivity contribution in [3.63, 3.8) is 0 Å². The molecular formula is C32H49ClFN5O4. The fourth-order valence-corrected chi connectivity index (χ4v) is 8.02. The minimum absolute atomic E-state index is 0.0108. The first kappa shape index (κ1) is 33.6. The van der Waals surface area contributed by atoms with E-state index in [-0.39, 0.29) is 67.6 Å². The number of amides is 3. The van der Waals surface area contributed by atoms with Gasteiger partial charge < -0.3 is 26.8 Å². The molecular weight excluding hydrogens is 573 g/mol. The summed E-state index contributed by atoms with van der Waals surface area (Å²) in [7, 11) is 0. The van der Waals surface area contributed by atoms with Crippen molar-refractivity contribution in [3.05, 3.63) is 29.0 Å². The lowest BCUT2D eigenvalue weighted by Gasteiger charge is -2.48. The fraction of sp³-hybridized carbons (Fsp3) is 0.719. The number of fused-ring (bicyclic) bond motifs is 2. The summed E-state index contributed by atoms with van der Waals surface area (Å²) in [5.74, 6) is -1.08. The van der Waals surface area contributed by atoms with Crippen LogP contribution in [0.2, 0.25) is 5.02 Å². The highest BCUT2D eigenvalue weighted by molar-refractivity contribution is 6.33. The van der Waals surface area contributed by atoms with Crippen molar-refractivity contribution in [1.82, 2.24) is 10.2 Å². The number of nitrogens with zero attached hydrogens (tertiary/aromatic N) is 2. The molecule has 3 aliphatic rings. The number of nitrogens with one attached hydrogen (secondary N) is 1. The maximum absolute atomic E-state index is 13.9. The van der Waals surface area contributed by atoms with Gasteiger partial charge in [0.15, 0.2) is 0 Å². The van der Waals surface area contributed by atoms with Crippen LogP contribution in [0, 0.1) is 40.8 Å². The molecule has 1 heterocycles. The third-order valence-corrected chi connectivity index (χ3v) is 10.9. The van der Waals surface area contributed by atoms with Crippen molar-refractivity contribution in [2.75, 3.05) is 24.5 Å². The topological polar surface area (TPSA) is 142 Å². The zero-order valence-electron chi connectivity index (χ0n) is 26.3. The SMILES string of the molecule is CC1CC2CC(C1NC(=O)[C@@H](C[C@H](O)[C@@H](N)CN1CC(=O)N(c3cc(F)ccc3Cl)CC1(C)C)C(C)C)C(C)(C(N)=O)C2. The lowest BCUT2D eigenvalue weighted by Crippen LogP contribution is -2.64. The van der Waals surface area contributed by atoms with Gasteiger partial charge in [0.2, 0.25) is 17.7 Å². The Morgan fingerprint density at radius 3 is 2.53 bits per heavy atom. The quantitative estimate of drug-likeness (QED) is 0.316. The van der Waals surface area contributed by atoms with Crippen LogP contribution < -0.4 is 21.7 Å². The predicted octanol–water partition coefficient (Wildman–Crippen LogP) is 3.30. The number of hydrogen-bond acceptors (Lipinski definition) is 6. The van der Waals surface area contributed by atoms with E-state index in [1.165, 1.54) is 23.1 Å². The van der Waals surface area contributed by atoms with Crippen LogP contribution in [0.25, 0.3) is 0 Å². The van der Waals surface area contributed by atoms with Gasteiger partial charge in [-0.1, -0.05) is 39.3 Å². The van der Waals surface area contributed by atoms with Crippen LogP contribution in [-0.2, 0) is 14.4 Å². The maximum Gasteiger partial charge on any atom is 0.241 e. The van der Waals surface area contributed by atoms with E-state index in [0.717, 1.165) is 19.3 Å². The van der Waals surface area contributed by atoms with Gasteiger partial charge in [-0.3, -0.25) is 19.3 Å². The van der Waals surface area contributed by atoms with E-state index >= 15 is 0 Å². The zero-order valence-corrected chi connectivity index (χ0v) is 27.0. The molecule has 4 rings (SSSR count). The number of hydrogen-bond donors (Lipinski definition) is 4. The summed E-state index contributed by atoms with van der Waals surface area (Å²) in [5.41, 5.74) is 11.5. The fourth-order valence-electron chi connectivity index (χ4n) is 7.80. The second-order valence-corrected chi connectivity index (χ2v) is 14.9. The predicted molar refractivity (Wildman–Crippen MR) is 166 cm³/mol. The van der Waals surface area contributed by atoms with Crippen LogP contribution in [-0.4, -0.2) is 71.1 Å². The number of anilines is 1. The number of piperazine rings is 1. The van der Waals surface area contributed by atoms with Gasteiger partial charge in [-0.05, 0) is 81.4 Å². The molecule has 0 spiro atoms. The van der Waals surface area contributed by atoms with Gasteiger partial charge in [0.1, 0.15) is 5.82 Å². The average molecular weight is 622 g/mol. The van der Waals surface area contributed by atoms with Crippen molar-refractivity contribution >= 4 is 35.0 Å². The van der Waals surface area contributed by atoms with Crippen LogP contribution in [0.4, 0.5) is 10.1 Å². The van der Waals surface area contributed by atoms with E-state index in [1.54, 1.807) is 0 Å². The number of primary amides is 1. The Labute approximate surface area is 259 Å². The Bertz CT molecular complexity index is 1230. The molecule has 3 fully saturated rings. The van der Waals surface area contributed by atoms with Crippen LogP contribution in [0.15, 0.2) is 18.2 Å². The Morgan fingerprint density at radius 1 is 1.23 bits per heavy atom. The van der Waals surface area contributed by atoms with Crippen LogP contribution >= 0.6 is 11.6 Å². The number of carbonyl (C=O) groups excluding carboxylic acids is 3. The van der Waals surface area contributed by atoms with Gasteiger partial charge >= 0.3 is 0 Å². The van der Waals surface area contributed by atoms with Gasteiger partial charge in [-0.25, -0.2) is 4.39 Å². The summed E-state index contributed by atoms with van der Waals surface area (Å²) in [5, 5.41) is 14.8. The van der Waals surface area contributed by atoms with Gasteiger partial charge in [0, 0.05) is 36.6 Å². The number of aliphatic hydroxyl groups excluding tert-OH is 1. The molecule has 1 aromatic rings. The largest absolute Gasteiger partial charge is 0.391 e. The summed E-state index contributed by atoms with van der Waals surface area (Å²) in [6, 6.07) is 3.06. The molecule has 9 nitrogen and oxygen atoms in total. The molecule has 6 N–H and O–H groups in total.